The van der Waals surface area contributed by atoms with Crippen LogP contribution < -0.4 is 10.1 Å². The van der Waals surface area contributed by atoms with Crippen LogP contribution >= 0.6 is 33.9 Å². The number of nitrogens with one attached hydrogen (secondary N) is 1. The Morgan fingerprint density at radius 1 is 1.21 bits per heavy atom. The normalized spacial score (nSPS) is 10.4. The predicted octanol–water partition coefficient (Wildman–Crippen LogP) is 3.99. The lowest BCUT2D eigenvalue weighted by molar-refractivity contribution is 0.102. The van der Waals surface area contributed by atoms with Gasteiger partial charge in [0, 0.05) is 15.6 Å². The van der Waals surface area contributed by atoms with Crippen LogP contribution in [-0.4, -0.2) is 23.2 Å². The van der Waals surface area contributed by atoms with Gasteiger partial charge in [-0.1, -0.05) is 29.5 Å². The Labute approximate surface area is 157 Å². The monoisotopic (exact) mass is 451 g/mol. The maximum atomic E-state index is 12.2. The molecular formula is C17H14IN3O2S. The van der Waals surface area contributed by atoms with Crippen LogP contribution in [0.4, 0.5) is 5.13 Å². The summed E-state index contributed by atoms with van der Waals surface area (Å²) >= 11 is 3.55. The third-order valence-corrected chi connectivity index (χ3v) is 4.80. The zero-order valence-electron chi connectivity index (χ0n) is 12.8. The van der Waals surface area contributed by atoms with E-state index in [1.165, 1.54) is 11.3 Å². The number of carbonyl (C=O) groups excluding carboxylic acids is 1. The highest BCUT2D eigenvalue weighted by Crippen LogP contribution is 2.21. The molecule has 0 saturated heterocycles. The first-order chi connectivity index (χ1) is 11.6. The maximum absolute atomic E-state index is 12.2. The van der Waals surface area contributed by atoms with E-state index in [9.17, 15) is 4.79 Å². The van der Waals surface area contributed by atoms with Crippen LogP contribution in [-0.2, 0) is 6.42 Å². The number of aromatic nitrogens is 2. The van der Waals surface area contributed by atoms with Gasteiger partial charge in [0.15, 0.2) is 0 Å². The second-order valence-electron chi connectivity index (χ2n) is 4.99. The van der Waals surface area contributed by atoms with Gasteiger partial charge in [0.25, 0.3) is 5.91 Å². The van der Waals surface area contributed by atoms with Crippen LogP contribution in [0.15, 0.2) is 48.5 Å². The molecule has 0 aliphatic carbocycles. The minimum Gasteiger partial charge on any atom is -0.497 e. The Morgan fingerprint density at radius 3 is 2.71 bits per heavy atom. The number of halogens is 1. The molecule has 1 amide bonds. The molecule has 0 radical (unpaired) electrons. The molecule has 122 valence electrons. The summed E-state index contributed by atoms with van der Waals surface area (Å²) in [5.74, 6) is 0.641. The molecule has 3 aromatic rings. The topological polar surface area (TPSA) is 64.1 Å². The average Bonchev–Trinajstić information content (AvgIpc) is 3.02. The predicted molar refractivity (Wildman–Crippen MR) is 103 cm³/mol. The van der Waals surface area contributed by atoms with E-state index in [-0.39, 0.29) is 5.91 Å². The van der Waals surface area contributed by atoms with E-state index in [1.807, 2.05) is 42.5 Å². The molecule has 3 rings (SSSR count). The molecule has 0 unspecified atom stereocenters. The Balaban J connectivity index is 1.65. The number of hydrogen-bond donors (Lipinski definition) is 1. The van der Waals surface area contributed by atoms with Gasteiger partial charge in [0.2, 0.25) is 5.13 Å². The van der Waals surface area contributed by atoms with Crippen LogP contribution in [0, 0.1) is 3.57 Å². The summed E-state index contributed by atoms with van der Waals surface area (Å²) in [5, 5.41) is 12.3. The first-order valence-electron chi connectivity index (χ1n) is 7.16. The lowest BCUT2D eigenvalue weighted by Crippen LogP contribution is -2.11. The highest BCUT2D eigenvalue weighted by atomic mass is 127. The minimum atomic E-state index is -0.180. The second-order valence-corrected chi connectivity index (χ2v) is 7.30. The van der Waals surface area contributed by atoms with Gasteiger partial charge in [0.1, 0.15) is 10.8 Å². The first-order valence-corrected chi connectivity index (χ1v) is 9.06. The van der Waals surface area contributed by atoms with E-state index >= 15 is 0 Å². The third-order valence-electron chi connectivity index (χ3n) is 3.29. The highest BCUT2D eigenvalue weighted by molar-refractivity contribution is 14.1. The van der Waals surface area contributed by atoms with Gasteiger partial charge in [-0.05, 0) is 58.5 Å². The Kier molecular flexibility index (Phi) is 5.41. The van der Waals surface area contributed by atoms with Crippen molar-refractivity contribution >= 4 is 45.0 Å². The molecule has 5 nitrogen and oxygen atoms in total. The van der Waals surface area contributed by atoms with E-state index in [0.29, 0.717) is 17.1 Å². The maximum Gasteiger partial charge on any atom is 0.257 e. The average molecular weight is 451 g/mol. The zero-order valence-corrected chi connectivity index (χ0v) is 15.8. The van der Waals surface area contributed by atoms with E-state index in [0.717, 1.165) is 19.9 Å². The fraction of sp³-hybridized carbons (Fsp3) is 0.118. The van der Waals surface area contributed by atoms with Crippen LogP contribution in [0.2, 0.25) is 0 Å². The van der Waals surface area contributed by atoms with Gasteiger partial charge in [0.05, 0.1) is 7.11 Å². The van der Waals surface area contributed by atoms with Crippen molar-refractivity contribution in [1.29, 1.82) is 0 Å². The summed E-state index contributed by atoms with van der Waals surface area (Å²) in [4.78, 5) is 12.2. The number of hydrogen-bond acceptors (Lipinski definition) is 5. The molecule has 0 aliphatic heterocycles. The molecule has 0 fully saturated rings. The smallest absolute Gasteiger partial charge is 0.257 e. The number of nitrogens with zero attached hydrogens (tertiary/aromatic N) is 2. The number of benzene rings is 2. The number of anilines is 1. The van der Waals surface area contributed by atoms with Crippen molar-refractivity contribution in [2.24, 2.45) is 0 Å². The molecule has 2 aromatic carbocycles. The summed E-state index contributed by atoms with van der Waals surface area (Å²) in [6.07, 6.45) is 0.667. The number of methoxy groups -OCH3 is 1. The summed E-state index contributed by atoms with van der Waals surface area (Å²) in [6, 6.07) is 15.2. The molecule has 24 heavy (non-hydrogen) atoms. The van der Waals surface area contributed by atoms with Gasteiger partial charge in [-0.25, -0.2) is 0 Å². The molecule has 7 heteroatoms. The van der Waals surface area contributed by atoms with Crippen molar-refractivity contribution in [3.63, 3.8) is 0 Å². The van der Waals surface area contributed by atoms with Crippen LogP contribution in [0.1, 0.15) is 20.9 Å². The summed E-state index contributed by atoms with van der Waals surface area (Å²) < 4.78 is 6.16. The Bertz CT molecular complexity index is 849. The first kappa shape index (κ1) is 16.8. The fourth-order valence-corrected chi connectivity index (χ4v) is 3.40. The standard InChI is InChI=1S/C17H14IN3O2S/c1-23-14-7-5-11(6-8-14)9-15-20-21-17(24-15)19-16(22)12-3-2-4-13(18)10-12/h2-8,10H,9H2,1H3,(H,19,21,22). The Hall–Kier alpha value is -2.00. The van der Waals surface area contributed by atoms with Gasteiger partial charge in [-0.2, -0.15) is 0 Å². The highest BCUT2D eigenvalue weighted by Gasteiger charge is 2.11. The lowest BCUT2D eigenvalue weighted by atomic mass is 10.1. The fourth-order valence-electron chi connectivity index (χ4n) is 2.09. The molecule has 0 spiro atoms. The summed E-state index contributed by atoms with van der Waals surface area (Å²) in [7, 11) is 1.64. The zero-order chi connectivity index (χ0) is 16.9. The van der Waals surface area contributed by atoms with Crippen molar-refractivity contribution < 1.29 is 9.53 Å². The van der Waals surface area contributed by atoms with Crippen molar-refractivity contribution in [2.75, 3.05) is 12.4 Å². The molecule has 0 saturated carbocycles. The SMILES string of the molecule is COc1ccc(Cc2nnc(NC(=O)c3cccc(I)c3)s2)cc1. The summed E-state index contributed by atoms with van der Waals surface area (Å²) in [6.45, 7) is 0. The number of amides is 1. The number of carbonyl (C=O) groups is 1. The molecule has 0 aliphatic rings. The minimum absolute atomic E-state index is 0.180. The van der Waals surface area contributed by atoms with E-state index < -0.39 is 0 Å². The van der Waals surface area contributed by atoms with E-state index in [4.69, 9.17) is 4.74 Å². The molecular weight excluding hydrogens is 437 g/mol. The molecule has 1 heterocycles. The van der Waals surface area contributed by atoms with Gasteiger partial charge < -0.3 is 4.74 Å². The largest absolute Gasteiger partial charge is 0.497 e. The molecule has 0 bridgehead atoms. The van der Waals surface area contributed by atoms with Crippen LogP contribution in [0.3, 0.4) is 0 Å². The van der Waals surface area contributed by atoms with Crippen molar-refractivity contribution in [1.82, 2.24) is 10.2 Å². The summed E-state index contributed by atoms with van der Waals surface area (Å²) in [5.41, 5.74) is 1.72. The Morgan fingerprint density at radius 2 is 2.00 bits per heavy atom. The van der Waals surface area contributed by atoms with Crippen molar-refractivity contribution in [3.8, 4) is 5.75 Å². The quantitative estimate of drug-likeness (QED) is 0.596. The number of ether oxygens (including phenoxy) is 1. The van der Waals surface area contributed by atoms with Crippen molar-refractivity contribution in [3.05, 3.63) is 68.2 Å². The van der Waals surface area contributed by atoms with E-state index in [1.54, 1.807) is 13.2 Å². The van der Waals surface area contributed by atoms with Crippen LogP contribution in [0.5, 0.6) is 5.75 Å². The number of rotatable bonds is 5. The molecule has 1 N–H and O–H groups in total. The third kappa shape index (κ3) is 4.30. The second kappa shape index (κ2) is 7.71. The molecule has 1 aromatic heterocycles. The van der Waals surface area contributed by atoms with E-state index in [2.05, 4.69) is 38.1 Å². The van der Waals surface area contributed by atoms with Gasteiger partial charge >= 0.3 is 0 Å². The lowest BCUT2D eigenvalue weighted by Gasteiger charge is -2.01. The van der Waals surface area contributed by atoms with Gasteiger partial charge in [-0.3, -0.25) is 10.1 Å². The van der Waals surface area contributed by atoms with Crippen LogP contribution in [0.25, 0.3) is 0 Å². The van der Waals surface area contributed by atoms with Gasteiger partial charge in [-0.15, -0.1) is 10.2 Å². The molecule has 0 atom stereocenters. The van der Waals surface area contributed by atoms with Crippen molar-refractivity contribution in [2.45, 2.75) is 6.42 Å².